The van der Waals surface area contributed by atoms with Gasteiger partial charge in [-0.3, -0.25) is 9.69 Å². The average Bonchev–Trinajstić information content (AvgIpc) is 2.09. The molecule has 0 spiro atoms. The molecule has 1 heterocycles. The van der Waals surface area contributed by atoms with Crippen molar-refractivity contribution in [3.63, 3.8) is 0 Å². The second kappa shape index (κ2) is 4.72. The van der Waals surface area contributed by atoms with E-state index in [1.807, 2.05) is 16.8 Å². The van der Waals surface area contributed by atoms with E-state index in [4.69, 9.17) is 5.11 Å². The number of hydrogen-bond donors (Lipinski definition) is 1. The first-order valence-electron chi connectivity index (χ1n) is 5.93. The lowest BCUT2D eigenvalue weighted by atomic mass is 9.96. The zero-order valence-electron chi connectivity index (χ0n) is 11.0. The Morgan fingerprint density at radius 3 is 2.44 bits per heavy atom. The second-order valence-corrected chi connectivity index (χ2v) is 5.70. The summed E-state index contributed by atoms with van der Waals surface area (Å²) in [6, 6.07) is 0.0628. The highest BCUT2D eigenvalue weighted by Crippen LogP contribution is 2.25. The Morgan fingerprint density at radius 1 is 1.44 bits per heavy atom. The fraction of sp³-hybridized carbons (Fsp3) is 0.917. The molecule has 1 amide bonds. The Hall–Kier alpha value is -0.610. The molecule has 94 valence electrons. The van der Waals surface area contributed by atoms with Gasteiger partial charge in [0.2, 0.25) is 5.91 Å². The largest absolute Gasteiger partial charge is 0.396 e. The van der Waals surface area contributed by atoms with Crippen molar-refractivity contribution in [3.05, 3.63) is 0 Å². The maximum Gasteiger partial charge on any atom is 0.240 e. The van der Waals surface area contributed by atoms with E-state index in [0.717, 1.165) is 6.54 Å². The van der Waals surface area contributed by atoms with Gasteiger partial charge < -0.3 is 10.0 Å². The van der Waals surface area contributed by atoms with E-state index in [9.17, 15) is 4.79 Å². The van der Waals surface area contributed by atoms with Gasteiger partial charge in [0.05, 0.1) is 6.04 Å². The molecule has 0 saturated carbocycles. The summed E-state index contributed by atoms with van der Waals surface area (Å²) in [6.07, 6.45) is 0.522. The molecule has 0 radical (unpaired) electrons. The highest BCUT2D eigenvalue weighted by molar-refractivity contribution is 5.83. The lowest BCUT2D eigenvalue weighted by Crippen LogP contribution is -2.64. The number of piperazine rings is 1. The van der Waals surface area contributed by atoms with Gasteiger partial charge in [-0.05, 0) is 41.2 Å². The number of nitrogens with zero attached hydrogens (tertiary/aromatic N) is 2. The SMILES string of the molecule is CC1CN(C)C(CCO)C(=O)N1C(C)(C)C. The van der Waals surface area contributed by atoms with Crippen molar-refractivity contribution < 1.29 is 9.90 Å². The lowest BCUT2D eigenvalue weighted by molar-refractivity contribution is -0.152. The quantitative estimate of drug-likeness (QED) is 0.756. The first-order valence-corrected chi connectivity index (χ1v) is 5.93. The zero-order chi connectivity index (χ0) is 12.5. The highest BCUT2D eigenvalue weighted by atomic mass is 16.3. The molecule has 0 aliphatic carbocycles. The average molecular weight is 228 g/mol. The maximum atomic E-state index is 12.4. The van der Waals surface area contributed by atoms with Crippen molar-refractivity contribution in [2.45, 2.75) is 51.7 Å². The molecule has 0 bridgehead atoms. The van der Waals surface area contributed by atoms with Crippen LogP contribution >= 0.6 is 0 Å². The number of amides is 1. The predicted molar refractivity (Wildman–Crippen MR) is 64.2 cm³/mol. The van der Waals surface area contributed by atoms with Gasteiger partial charge in [-0.1, -0.05) is 0 Å². The van der Waals surface area contributed by atoms with E-state index in [2.05, 4.69) is 27.7 Å². The number of carbonyl (C=O) groups is 1. The van der Waals surface area contributed by atoms with Gasteiger partial charge >= 0.3 is 0 Å². The number of aliphatic hydroxyl groups is 1. The minimum absolute atomic E-state index is 0.0626. The van der Waals surface area contributed by atoms with Crippen LogP contribution in [0.3, 0.4) is 0 Å². The summed E-state index contributed by atoms with van der Waals surface area (Å²) in [6.45, 7) is 9.18. The Morgan fingerprint density at radius 2 is 2.00 bits per heavy atom. The second-order valence-electron chi connectivity index (χ2n) is 5.70. The molecule has 0 aromatic heterocycles. The molecule has 2 unspecified atom stereocenters. The third-order valence-corrected chi connectivity index (χ3v) is 3.17. The lowest BCUT2D eigenvalue weighted by Gasteiger charge is -2.49. The predicted octanol–water partition coefficient (Wildman–Crippen LogP) is 0.698. The molecule has 1 fully saturated rings. The van der Waals surface area contributed by atoms with Crippen LogP contribution in [-0.4, -0.2) is 58.6 Å². The van der Waals surface area contributed by atoms with E-state index in [0.29, 0.717) is 6.42 Å². The van der Waals surface area contributed by atoms with E-state index >= 15 is 0 Å². The molecule has 1 rings (SSSR count). The summed E-state index contributed by atoms with van der Waals surface area (Å²) in [7, 11) is 1.95. The van der Waals surface area contributed by atoms with Crippen LogP contribution in [-0.2, 0) is 4.79 Å². The molecule has 4 heteroatoms. The molecule has 2 atom stereocenters. The Kier molecular flexibility index (Phi) is 3.97. The molecule has 1 aliphatic rings. The van der Waals surface area contributed by atoms with Gasteiger partial charge in [0, 0.05) is 24.7 Å². The van der Waals surface area contributed by atoms with E-state index in [1.54, 1.807) is 0 Å². The highest BCUT2D eigenvalue weighted by Gasteiger charge is 2.41. The fourth-order valence-corrected chi connectivity index (χ4v) is 2.65. The Bertz CT molecular complexity index is 260. The van der Waals surface area contributed by atoms with E-state index in [-0.39, 0.29) is 30.1 Å². The topological polar surface area (TPSA) is 43.8 Å². The summed E-state index contributed by atoms with van der Waals surface area (Å²) in [5, 5.41) is 9.01. The van der Waals surface area contributed by atoms with Crippen LogP contribution in [0.1, 0.15) is 34.1 Å². The van der Waals surface area contributed by atoms with Crippen LogP contribution < -0.4 is 0 Å². The molecule has 1 N–H and O–H groups in total. The minimum atomic E-state index is -0.166. The number of carbonyl (C=O) groups excluding carboxylic acids is 1. The van der Waals surface area contributed by atoms with Crippen LogP contribution in [0.2, 0.25) is 0 Å². The van der Waals surface area contributed by atoms with E-state index < -0.39 is 0 Å². The summed E-state index contributed by atoms with van der Waals surface area (Å²) >= 11 is 0. The summed E-state index contributed by atoms with van der Waals surface area (Å²) in [5.41, 5.74) is -0.147. The van der Waals surface area contributed by atoms with Gasteiger partial charge in [0.15, 0.2) is 0 Å². The van der Waals surface area contributed by atoms with Crippen molar-refractivity contribution in [2.24, 2.45) is 0 Å². The van der Waals surface area contributed by atoms with Crippen molar-refractivity contribution in [1.29, 1.82) is 0 Å². The van der Waals surface area contributed by atoms with Crippen LogP contribution in [0, 0.1) is 0 Å². The first-order chi connectivity index (χ1) is 7.29. The van der Waals surface area contributed by atoms with Gasteiger partial charge in [0.25, 0.3) is 0 Å². The van der Waals surface area contributed by atoms with Crippen LogP contribution in [0.25, 0.3) is 0 Å². The van der Waals surface area contributed by atoms with Crippen molar-refractivity contribution in [1.82, 2.24) is 9.80 Å². The Labute approximate surface area is 98.2 Å². The standard InChI is InChI=1S/C12H24N2O2/c1-9-8-13(5)10(6-7-15)11(16)14(9)12(2,3)4/h9-10,15H,6-8H2,1-5H3. The number of hydrogen-bond acceptors (Lipinski definition) is 3. The summed E-state index contributed by atoms with van der Waals surface area (Å²) in [4.78, 5) is 16.4. The smallest absolute Gasteiger partial charge is 0.240 e. The number of rotatable bonds is 2. The normalized spacial score (nSPS) is 28.6. The molecular weight excluding hydrogens is 204 g/mol. The third-order valence-electron chi connectivity index (χ3n) is 3.17. The van der Waals surface area contributed by atoms with Crippen molar-refractivity contribution in [2.75, 3.05) is 20.2 Å². The van der Waals surface area contributed by atoms with Crippen LogP contribution in [0.5, 0.6) is 0 Å². The molecule has 0 aromatic carbocycles. The van der Waals surface area contributed by atoms with Crippen LogP contribution in [0.15, 0.2) is 0 Å². The van der Waals surface area contributed by atoms with Crippen molar-refractivity contribution in [3.8, 4) is 0 Å². The summed E-state index contributed by atoms with van der Waals surface area (Å²) < 4.78 is 0. The van der Waals surface area contributed by atoms with Gasteiger partial charge in [-0.15, -0.1) is 0 Å². The number of aliphatic hydroxyl groups excluding tert-OH is 1. The maximum absolute atomic E-state index is 12.4. The zero-order valence-corrected chi connectivity index (χ0v) is 11.0. The molecule has 1 saturated heterocycles. The monoisotopic (exact) mass is 228 g/mol. The Balaban J connectivity index is 2.90. The molecule has 16 heavy (non-hydrogen) atoms. The molecular formula is C12H24N2O2. The first kappa shape index (κ1) is 13.5. The third kappa shape index (κ3) is 2.55. The van der Waals surface area contributed by atoms with E-state index in [1.165, 1.54) is 0 Å². The van der Waals surface area contributed by atoms with Gasteiger partial charge in [-0.25, -0.2) is 0 Å². The minimum Gasteiger partial charge on any atom is -0.396 e. The molecule has 1 aliphatic heterocycles. The molecule has 4 nitrogen and oxygen atoms in total. The van der Waals surface area contributed by atoms with Crippen molar-refractivity contribution >= 4 is 5.91 Å². The molecule has 0 aromatic rings. The van der Waals surface area contributed by atoms with Gasteiger partial charge in [0.1, 0.15) is 0 Å². The van der Waals surface area contributed by atoms with Crippen LogP contribution in [0.4, 0.5) is 0 Å². The fourth-order valence-electron chi connectivity index (χ4n) is 2.65. The van der Waals surface area contributed by atoms with Gasteiger partial charge in [-0.2, -0.15) is 0 Å². The number of likely N-dealkylation sites (N-methyl/N-ethyl adjacent to an activating group) is 1. The summed E-state index contributed by atoms with van der Waals surface area (Å²) in [5.74, 6) is 0.141.